The maximum Gasteiger partial charge on any atom is 0.222 e. The Hall–Kier alpha value is -0.570. The fraction of sp³-hybridized carbons (Fsp3) is 0.882. The van der Waals surface area contributed by atoms with E-state index in [1.165, 1.54) is 32.5 Å². The summed E-state index contributed by atoms with van der Waals surface area (Å²) < 4.78 is 0. The van der Waals surface area contributed by atoms with Crippen molar-refractivity contribution in [3.8, 4) is 0 Å². The molecule has 0 aromatic rings. The predicted molar refractivity (Wildman–Crippen MR) is 110 cm³/mol. The molecule has 0 unspecified atom stereocenters. The molecule has 2 saturated heterocycles. The van der Waals surface area contributed by atoms with Crippen LogP contribution in [0, 0.1) is 0 Å². The van der Waals surface area contributed by atoms with Gasteiger partial charge in [-0.1, -0.05) is 0 Å². The Bertz CT molecular complexity index is 385. The van der Waals surface area contributed by atoms with E-state index in [9.17, 15) is 4.79 Å². The second-order valence-electron chi connectivity index (χ2n) is 6.43. The number of amides is 1. The van der Waals surface area contributed by atoms with E-state index in [-0.39, 0.29) is 24.0 Å². The van der Waals surface area contributed by atoms with Crippen LogP contribution in [0.4, 0.5) is 0 Å². The maximum atomic E-state index is 11.5. The first kappa shape index (κ1) is 21.5. The number of halogens is 1. The van der Waals surface area contributed by atoms with Gasteiger partial charge in [0.15, 0.2) is 5.96 Å². The van der Waals surface area contributed by atoms with Crippen LogP contribution in [0.2, 0.25) is 0 Å². The molecule has 140 valence electrons. The van der Waals surface area contributed by atoms with Gasteiger partial charge in [-0.3, -0.25) is 9.79 Å². The van der Waals surface area contributed by atoms with Gasteiger partial charge in [0.1, 0.15) is 0 Å². The molecular weight excluding hydrogens is 417 g/mol. The first-order chi connectivity index (χ1) is 11.3. The lowest BCUT2D eigenvalue weighted by atomic mass is 10.4. The van der Waals surface area contributed by atoms with Crippen molar-refractivity contribution in [2.45, 2.75) is 45.4 Å². The number of carbonyl (C=O) groups excluding carboxylic acids is 1. The molecule has 0 aromatic carbocycles. The number of likely N-dealkylation sites (tertiary alicyclic amines) is 2. The first-order valence-corrected chi connectivity index (χ1v) is 9.32. The fourth-order valence-corrected chi connectivity index (χ4v) is 3.25. The van der Waals surface area contributed by atoms with Crippen molar-refractivity contribution in [1.82, 2.24) is 20.4 Å². The minimum atomic E-state index is 0. The van der Waals surface area contributed by atoms with Crippen molar-refractivity contribution in [3.05, 3.63) is 0 Å². The average Bonchev–Trinajstić information content (AvgIpc) is 3.20. The summed E-state index contributed by atoms with van der Waals surface area (Å²) in [5, 5.41) is 6.71. The molecule has 1 amide bonds. The van der Waals surface area contributed by atoms with Crippen molar-refractivity contribution >= 4 is 35.8 Å². The van der Waals surface area contributed by atoms with Gasteiger partial charge in [0, 0.05) is 39.1 Å². The largest absolute Gasteiger partial charge is 0.357 e. The Balaban J connectivity index is 0.00000288. The van der Waals surface area contributed by atoms with Gasteiger partial charge < -0.3 is 20.4 Å². The number of hydrogen-bond acceptors (Lipinski definition) is 3. The number of aliphatic imine (C=N–C) groups is 1. The van der Waals surface area contributed by atoms with E-state index in [2.05, 4.69) is 27.4 Å². The topological polar surface area (TPSA) is 60.0 Å². The van der Waals surface area contributed by atoms with Crippen molar-refractivity contribution in [3.63, 3.8) is 0 Å². The SMILES string of the molecule is CCNC(=NCCCN1CCCC1=O)NCCCN1CCCC1.I. The standard InChI is InChI=1S/C17H33N5O.HI/c1-2-18-17(19-9-6-13-21-11-3-4-12-21)20-10-7-15-22-14-5-8-16(22)23;/h2-15H2,1H3,(H2,18,19,20);1H. The van der Waals surface area contributed by atoms with E-state index in [0.717, 1.165) is 64.4 Å². The van der Waals surface area contributed by atoms with Crippen LogP contribution in [0.25, 0.3) is 0 Å². The Morgan fingerprint density at radius 1 is 1.08 bits per heavy atom. The van der Waals surface area contributed by atoms with Crippen LogP contribution in [-0.2, 0) is 4.79 Å². The summed E-state index contributed by atoms with van der Waals surface area (Å²) in [5.74, 6) is 1.21. The molecule has 0 saturated carbocycles. The molecule has 2 fully saturated rings. The van der Waals surface area contributed by atoms with E-state index in [4.69, 9.17) is 0 Å². The molecule has 0 bridgehead atoms. The summed E-state index contributed by atoms with van der Waals surface area (Å²) in [4.78, 5) is 20.7. The van der Waals surface area contributed by atoms with Crippen molar-refractivity contribution in [2.24, 2.45) is 4.99 Å². The van der Waals surface area contributed by atoms with Gasteiger partial charge in [-0.05, 0) is 58.7 Å². The van der Waals surface area contributed by atoms with E-state index >= 15 is 0 Å². The smallest absolute Gasteiger partial charge is 0.222 e. The number of guanidine groups is 1. The van der Waals surface area contributed by atoms with E-state index in [0.29, 0.717) is 5.91 Å². The Kier molecular flexibility index (Phi) is 11.4. The summed E-state index contributed by atoms with van der Waals surface area (Å²) in [6.45, 7) is 10.2. The van der Waals surface area contributed by atoms with Gasteiger partial charge in [0.05, 0.1) is 0 Å². The third-order valence-corrected chi connectivity index (χ3v) is 4.51. The van der Waals surface area contributed by atoms with Crippen LogP contribution < -0.4 is 10.6 Å². The van der Waals surface area contributed by atoms with E-state index < -0.39 is 0 Å². The highest BCUT2D eigenvalue weighted by Crippen LogP contribution is 2.09. The minimum Gasteiger partial charge on any atom is -0.357 e. The van der Waals surface area contributed by atoms with Crippen LogP contribution in [-0.4, -0.2) is 74.0 Å². The molecule has 2 aliphatic rings. The van der Waals surface area contributed by atoms with Gasteiger partial charge in [-0.2, -0.15) is 0 Å². The lowest BCUT2D eigenvalue weighted by Crippen LogP contribution is -2.39. The van der Waals surface area contributed by atoms with Crippen LogP contribution in [0.3, 0.4) is 0 Å². The third-order valence-electron chi connectivity index (χ3n) is 4.51. The Morgan fingerprint density at radius 3 is 2.54 bits per heavy atom. The van der Waals surface area contributed by atoms with Crippen LogP contribution in [0.5, 0.6) is 0 Å². The molecule has 2 N–H and O–H groups in total. The average molecular weight is 451 g/mol. The van der Waals surface area contributed by atoms with Crippen molar-refractivity contribution < 1.29 is 4.79 Å². The summed E-state index contributed by atoms with van der Waals surface area (Å²) in [5.41, 5.74) is 0. The minimum absolute atomic E-state index is 0. The van der Waals surface area contributed by atoms with Gasteiger partial charge in [-0.25, -0.2) is 0 Å². The molecular formula is C17H34IN5O. The van der Waals surface area contributed by atoms with Crippen molar-refractivity contribution in [2.75, 3.05) is 52.4 Å². The number of nitrogens with one attached hydrogen (secondary N) is 2. The zero-order valence-corrected chi connectivity index (χ0v) is 17.4. The molecule has 2 heterocycles. The highest BCUT2D eigenvalue weighted by Gasteiger charge is 2.18. The Labute approximate surface area is 163 Å². The van der Waals surface area contributed by atoms with Crippen LogP contribution in [0.1, 0.15) is 45.4 Å². The number of rotatable bonds is 9. The quantitative estimate of drug-likeness (QED) is 0.242. The predicted octanol–water partition coefficient (Wildman–Crippen LogP) is 1.66. The maximum absolute atomic E-state index is 11.5. The molecule has 2 rings (SSSR count). The van der Waals surface area contributed by atoms with Crippen LogP contribution >= 0.6 is 24.0 Å². The van der Waals surface area contributed by atoms with Gasteiger partial charge in [-0.15, -0.1) is 24.0 Å². The van der Waals surface area contributed by atoms with Gasteiger partial charge in [0.25, 0.3) is 0 Å². The first-order valence-electron chi connectivity index (χ1n) is 9.32. The van der Waals surface area contributed by atoms with Gasteiger partial charge >= 0.3 is 0 Å². The van der Waals surface area contributed by atoms with Crippen LogP contribution in [0.15, 0.2) is 4.99 Å². The third kappa shape index (κ3) is 8.00. The molecule has 2 aliphatic heterocycles. The molecule has 24 heavy (non-hydrogen) atoms. The number of nitrogens with zero attached hydrogens (tertiary/aromatic N) is 3. The van der Waals surface area contributed by atoms with Gasteiger partial charge in [0.2, 0.25) is 5.91 Å². The Morgan fingerprint density at radius 2 is 1.88 bits per heavy atom. The summed E-state index contributed by atoms with van der Waals surface area (Å²) in [6.07, 6.45) is 6.56. The molecule has 0 spiro atoms. The summed E-state index contributed by atoms with van der Waals surface area (Å²) >= 11 is 0. The number of carbonyl (C=O) groups is 1. The molecule has 0 radical (unpaired) electrons. The zero-order valence-electron chi connectivity index (χ0n) is 15.1. The normalized spacial score (nSPS) is 18.8. The summed E-state index contributed by atoms with van der Waals surface area (Å²) in [6, 6.07) is 0. The zero-order chi connectivity index (χ0) is 16.3. The highest BCUT2D eigenvalue weighted by molar-refractivity contribution is 14.0. The lowest BCUT2D eigenvalue weighted by Gasteiger charge is -2.16. The summed E-state index contributed by atoms with van der Waals surface area (Å²) in [7, 11) is 0. The van der Waals surface area contributed by atoms with Crippen molar-refractivity contribution in [1.29, 1.82) is 0 Å². The monoisotopic (exact) mass is 451 g/mol. The second-order valence-corrected chi connectivity index (χ2v) is 6.43. The van der Waals surface area contributed by atoms with E-state index in [1.54, 1.807) is 0 Å². The van der Waals surface area contributed by atoms with E-state index in [1.807, 2.05) is 4.90 Å². The molecule has 0 aromatic heterocycles. The number of hydrogen-bond donors (Lipinski definition) is 2. The molecule has 7 heteroatoms. The lowest BCUT2D eigenvalue weighted by molar-refractivity contribution is -0.127. The highest BCUT2D eigenvalue weighted by atomic mass is 127. The molecule has 6 nitrogen and oxygen atoms in total. The molecule has 0 atom stereocenters. The fourth-order valence-electron chi connectivity index (χ4n) is 3.25. The second kappa shape index (κ2) is 12.7. The molecule has 0 aliphatic carbocycles.